The fraction of sp³-hybridized carbons (Fsp3) is 0.0769. The van der Waals surface area contributed by atoms with Gasteiger partial charge in [-0.1, -0.05) is 6.07 Å². The number of aromatic nitrogens is 2. The molecular formula is C13H10N4OS2. The average molecular weight is 302 g/mol. The van der Waals surface area contributed by atoms with Crippen molar-refractivity contribution in [2.24, 2.45) is 4.99 Å². The molecule has 2 aromatic rings. The summed E-state index contributed by atoms with van der Waals surface area (Å²) in [5.41, 5.74) is 0.757. The van der Waals surface area contributed by atoms with Gasteiger partial charge in [-0.15, -0.1) is 11.3 Å². The first kappa shape index (κ1) is 13.0. The highest BCUT2D eigenvalue weighted by molar-refractivity contribution is 8.18. The predicted molar refractivity (Wildman–Crippen MR) is 81.8 cm³/mol. The molecule has 0 aliphatic carbocycles. The molecule has 0 N–H and O–H groups in total. The third-order valence-electron chi connectivity index (χ3n) is 2.58. The summed E-state index contributed by atoms with van der Waals surface area (Å²) in [6.45, 7) is 0. The number of rotatable bonds is 2. The van der Waals surface area contributed by atoms with Gasteiger partial charge in [0.25, 0.3) is 5.91 Å². The Morgan fingerprint density at radius 3 is 2.90 bits per heavy atom. The highest BCUT2D eigenvalue weighted by Crippen LogP contribution is 2.33. The molecule has 7 heteroatoms. The molecule has 3 heterocycles. The lowest BCUT2D eigenvalue weighted by molar-refractivity contribution is -0.121. The lowest BCUT2D eigenvalue weighted by Gasteiger charge is -2.05. The second kappa shape index (κ2) is 5.56. The largest absolute Gasteiger partial charge is 0.289 e. The molecule has 1 aliphatic heterocycles. The van der Waals surface area contributed by atoms with E-state index in [2.05, 4.69) is 15.0 Å². The molecule has 2 aromatic heterocycles. The topological polar surface area (TPSA) is 58.5 Å². The van der Waals surface area contributed by atoms with Gasteiger partial charge in [-0.05, 0) is 30.0 Å². The number of carbonyl (C=O) groups excluding carboxylic acids is 1. The number of amidine groups is 1. The third-order valence-corrected chi connectivity index (χ3v) is 4.31. The average Bonchev–Trinajstić information content (AvgIpc) is 3.06. The minimum Gasteiger partial charge on any atom is -0.289 e. The van der Waals surface area contributed by atoms with Crippen LogP contribution in [-0.4, -0.2) is 33.0 Å². The number of aliphatic imine (C=N–C) groups is 1. The van der Waals surface area contributed by atoms with Crippen molar-refractivity contribution < 1.29 is 4.79 Å². The fourth-order valence-corrected chi connectivity index (χ4v) is 3.11. The quantitative estimate of drug-likeness (QED) is 0.800. The van der Waals surface area contributed by atoms with Gasteiger partial charge in [-0.3, -0.25) is 14.7 Å². The SMILES string of the molecule is CN1C(=O)/C(=C/c2ccccn2)S/C1=N/c1nccs1. The Labute approximate surface area is 124 Å². The highest BCUT2D eigenvalue weighted by Gasteiger charge is 2.30. The monoisotopic (exact) mass is 302 g/mol. The van der Waals surface area contributed by atoms with Crippen LogP contribution >= 0.6 is 23.1 Å². The van der Waals surface area contributed by atoms with E-state index in [9.17, 15) is 4.79 Å². The van der Waals surface area contributed by atoms with Crippen molar-refractivity contribution in [3.05, 3.63) is 46.6 Å². The van der Waals surface area contributed by atoms with Crippen LogP contribution in [0, 0.1) is 0 Å². The summed E-state index contributed by atoms with van der Waals surface area (Å²) in [6.07, 6.45) is 5.16. The van der Waals surface area contributed by atoms with Gasteiger partial charge in [-0.25, -0.2) is 4.98 Å². The number of likely N-dealkylation sites (N-methyl/N-ethyl adjacent to an activating group) is 1. The maximum atomic E-state index is 12.2. The maximum Gasteiger partial charge on any atom is 0.266 e. The first-order valence-corrected chi connectivity index (χ1v) is 7.50. The first-order valence-electron chi connectivity index (χ1n) is 5.81. The van der Waals surface area contributed by atoms with E-state index >= 15 is 0 Å². The van der Waals surface area contributed by atoms with Gasteiger partial charge in [0.15, 0.2) is 5.17 Å². The zero-order valence-corrected chi connectivity index (χ0v) is 12.2. The van der Waals surface area contributed by atoms with Crippen LogP contribution in [0.25, 0.3) is 6.08 Å². The molecule has 0 bridgehead atoms. The van der Waals surface area contributed by atoms with E-state index < -0.39 is 0 Å². The number of pyridine rings is 1. The number of thiazole rings is 1. The molecule has 5 nitrogen and oxygen atoms in total. The maximum absolute atomic E-state index is 12.2. The summed E-state index contributed by atoms with van der Waals surface area (Å²) in [6, 6.07) is 5.58. The van der Waals surface area contributed by atoms with Crippen LogP contribution in [0.5, 0.6) is 0 Å². The number of carbonyl (C=O) groups is 1. The Morgan fingerprint density at radius 1 is 1.30 bits per heavy atom. The van der Waals surface area contributed by atoms with Crippen molar-refractivity contribution in [3.63, 3.8) is 0 Å². The Hall–Kier alpha value is -1.99. The van der Waals surface area contributed by atoms with Crippen LogP contribution in [0.3, 0.4) is 0 Å². The zero-order valence-electron chi connectivity index (χ0n) is 10.6. The summed E-state index contributed by atoms with van der Waals surface area (Å²) < 4.78 is 0. The van der Waals surface area contributed by atoms with Gasteiger partial charge in [-0.2, -0.15) is 4.99 Å². The molecule has 1 amide bonds. The highest BCUT2D eigenvalue weighted by atomic mass is 32.2. The normalized spacial score (nSPS) is 19.2. The van der Waals surface area contributed by atoms with Crippen molar-refractivity contribution in [2.45, 2.75) is 0 Å². The van der Waals surface area contributed by atoms with Crippen molar-refractivity contribution in [2.75, 3.05) is 7.05 Å². The molecule has 100 valence electrons. The summed E-state index contributed by atoms with van der Waals surface area (Å²) in [7, 11) is 1.71. The van der Waals surface area contributed by atoms with Crippen LogP contribution < -0.4 is 0 Å². The van der Waals surface area contributed by atoms with Crippen LogP contribution in [0.1, 0.15) is 5.69 Å². The molecule has 1 saturated heterocycles. The Kier molecular flexibility index (Phi) is 3.62. The predicted octanol–water partition coefficient (Wildman–Crippen LogP) is 2.77. The smallest absolute Gasteiger partial charge is 0.266 e. The molecule has 0 atom stereocenters. The van der Waals surface area contributed by atoms with Gasteiger partial charge >= 0.3 is 0 Å². The fourth-order valence-electron chi connectivity index (χ4n) is 1.60. The van der Waals surface area contributed by atoms with Gasteiger partial charge < -0.3 is 0 Å². The summed E-state index contributed by atoms with van der Waals surface area (Å²) in [4.78, 5) is 27.0. The molecule has 0 aromatic carbocycles. The van der Waals surface area contributed by atoms with E-state index in [4.69, 9.17) is 0 Å². The minimum absolute atomic E-state index is 0.0732. The zero-order chi connectivity index (χ0) is 13.9. The van der Waals surface area contributed by atoms with E-state index in [0.29, 0.717) is 15.2 Å². The van der Waals surface area contributed by atoms with E-state index in [0.717, 1.165) is 5.69 Å². The van der Waals surface area contributed by atoms with Crippen molar-refractivity contribution in [3.8, 4) is 0 Å². The third kappa shape index (κ3) is 2.63. The second-order valence-electron chi connectivity index (χ2n) is 3.94. The van der Waals surface area contributed by atoms with E-state index in [-0.39, 0.29) is 5.91 Å². The lowest BCUT2D eigenvalue weighted by atomic mass is 10.3. The number of thioether (sulfide) groups is 1. The van der Waals surface area contributed by atoms with Gasteiger partial charge in [0, 0.05) is 24.8 Å². The summed E-state index contributed by atoms with van der Waals surface area (Å²) >= 11 is 2.77. The molecule has 0 radical (unpaired) electrons. The van der Waals surface area contributed by atoms with E-state index in [1.165, 1.54) is 28.0 Å². The number of nitrogens with zero attached hydrogens (tertiary/aromatic N) is 4. The van der Waals surface area contributed by atoms with Gasteiger partial charge in [0.2, 0.25) is 5.13 Å². The Morgan fingerprint density at radius 2 is 2.20 bits per heavy atom. The molecular weight excluding hydrogens is 292 g/mol. The lowest BCUT2D eigenvalue weighted by Crippen LogP contribution is -2.23. The van der Waals surface area contributed by atoms with Crippen molar-refractivity contribution in [1.29, 1.82) is 0 Å². The molecule has 0 unspecified atom stereocenters. The molecule has 1 aliphatic rings. The molecule has 0 saturated carbocycles. The van der Waals surface area contributed by atoms with Crippen molar-refractivity contribution >= 4 is 45.4 Å². The van der Waals surface area contributed by atoms with E-state index in [1.807, 2.05) is 23.6 Å². The minimum atomic E-state index is -0.0732. The standard InChI is InChI=1S/C13H10N4OS2/c1-17-11(18)10(8-9-4-2-3-5-14-9)20-13(17)16-12-15-6-7-19-12/h2-8H,1H3/b10-8-,16-13+. The van der Waals surface area contributed by atoms with Crippen LogP contribution in [0.2, 0.25) is 0 Å². The number of hydrogen-bond donors (Lipinski definition) is 0. The van der Waals surface area contributed by atoms with Crippen LogP contribution in [0.4, 0.5) is 5.13 Å². The van der Waals surface area contributed by atoms with Crippen LogP contribution in [0.15, 0.2) is 45.9 Å². The Bertz CT molecular complexity index is 680. The van der Waals surface area contributed by atoms with Gasteiger partial charge in [0.05, 0.1) is 10.6 Å². The Balaban J connectivity index is 1.89. The van der Waals surface area contributed by atoms with Crippen LogP contribution in [-0.2, 0) is 4.79 Å². The molecule has 20 heavy (non-hydrogen) atoms. The molecule has 3 rings (SSSR count). The van der Waals surface area contributed by atoms with E-state index in [1.54, 1.807) is 25.5 Å². The summed E-state index contributed by atoms with van der Waals surface area (Å²) in [5, 5.41) is 3.13. The number of amides is 1. The molecule has 1 fully saturated rings. The molecule has 0 spiro atoms. The number of hydrogen-bond acceptors (Lipinski definition) is 6. The summed E-state index contributed by atoms with van der Waals surface area (Å²) in [5.74, 6) is -0.0732. The van der Waals surface area contributed by atoms with Crippen molar-refractivity contribution in [1.82, 2.24) is 14.9 Å². The van der Waals surface area contributed by atoms with Gasteiger partial charge in [0.1, 0.15) is 0 Å². The first-order chi connectivity index (χ1) is 9.74. The second-order valence-corrected chi connectivity index (χ2v) is 5.82.